The first kappa shape index (κ1) is 14.2. The van der Waals surface area contributed by atoms with Crippen molar-refractivity contribution in [2.75, 3.05) is 5.32 Å². The van der Waals surface area contributed by atoms with Crippen LogP contribution < -0.4 is 5.32 Å². The van der Waals surface area contributed by atoms with Gasteiger partial charge < -0.3 is 5.32 Å². The maximum atomic E-state index is 11.9. The average Bonchev–Trinajstić information content (AvgIpc) is 2.19. The summed E-state index contributed by atoms with van der Waals surface area (Å²) < 4.78 is 0.932. The van der Waals surface area contributed by atoms with Crippen molar-refractivity contribution in [3.05, 3.63) is 28.2 Å². The van der Waals surface area contributed by atoms with Crippen LogP contribution in [0.4, 0.5) is 5.69 Å². The molecule has 1 aromatic rings. The van der Waals surface area contributed by atoms with E-state index in [1.165, 1.54) is 5.56 Å². The van der Waals surface area contributed by atoms with Crippen molar-refractivity contribution in [2.45, 2.75) is 40.5 Å². The van der Waals surface area contributed by atoms with E-state index in [0.29, 0.717) is 5.92 Å². The van der Waals surface area contributed by atoms with Gasteiger partial charge in [0.05, 0.1) is 5.69 Å². The molecule has 3 heteroatoms. The molecule has 0 saturated carbocycles. The highest BCUT2D eigenvalue weighted by molar-refractivity contribution is 9.10. The molecule has 1 amide bonds. The zero-order chi connectivity index (χ0) is 13.2. The number of hydrogen-bond donors (Lipinski definition) is 1. The molecule has 0 spiro atoms. The lowest BCUT2D eigenvalue weighted by molar-refractivity contribution is -0.123. The van der Waals surface area contributed by atoms with Gasteiger partial charge in [0.1, 0.15) is 0 Å². The Balaban J connectivity index is 2.91. The predicted molar refractivity (Wildman–Crippen MR) is 76.3 cm³/mol. The zero-order valence-electron chi connectivity index (χ0n) is 11.1. The van der Waals surface area contributed by atoms with Crippen molar-refractivity contribution in [1.29, 1.82) is 0 Å². The summed E-state index contributed by atoms with van der Waals surface area (Å²) in [7, 11) is 0. The van der Waals surface area contributed by atoms with E-state index in [4.69, 9.17) is 0 Å². The third kappa shape index (κ3) is 3.84. The van der Waals surface area contributed by atoms with Gasteiger partial charge in [-0.2, -0.15) is 0 Å². The lowest BCUT2D eigenvalue weighted by Gasteiger charge is -2.19. The predicted octanol–water partition coefficient (Wildman–Crippen LogP) is 4.56. The molecule has 0 radical (unpaired) electrons. The highest BCUT2D eigenvalue weighted by Gasteiger charge is 2.21. The van der Waals surface area contributed by atoms with E-state index in [1.807, 2.05) is 32.9 Å². The number of benzene rings is 1. The molecule has 0 aliphatic rings. The fourth-order valence-corrected chi connectivity index (χ4v) is 1.80. The number of nitrogens with one attached hydrogen (secondary N) is 1. The molecule has 0 aliphatic heterocycles. The quantitative estimate of drug-likeness (QED) is 0.852. The summed E-state index contributed by atoms with van der Waals surface area (Å²) in [4.78, 5) is 11.9. The number of amides is 1. The standard InChI is InChI=1S/C14H20BrNO/c1-9(2)10-6-7-12(11(15)8-10)16-13(17)14(3,4)5/h6-9H,1-5H3,(H,16,17). The van der Waals surface area contributed by atoms with E-state index < -0.39 is 0 Å². The van der Waals surface area contributed by atoms with Crippen molar-refractivity contribution < 1.29 is 4.79 Å². The summed E-state index contributed by atoms with van der Waals surface area (Å²) >= 11 is 3.50. The van der Waals surface area contributed by atoms with Crippen LogP contribution >= 0.6 is 15.9 Å². The van der Waals surface area contributed by atoms with Gasteiger partial charge in [0.25, 0.3) is 0 Å². The van der Waals surface area contributed by atoms with Gasteiger partial charge >= 0.3 is 0 Å². The van der Waals surface area contributed by atoms with Crippen LogP contribution in [-0.4, -0.2) is 5.91 Å². The van der Waals surface area contributed by atoms with Crippen LogP contribution in [0.25, 0.3) is 0 Å². The maximum absolute atomic E-state index is 11.9. The lowest BCUT2D eigenvalue weighted by Crippen LogP contribution is -2.27. The molecule has 0 atom stereocenters. The smallest absolute Gasteiger partial charge is 0.229 e. The van der Waals surface area contributed by atoms with E-state index in [1.54, 1.807) is 0 Å². The van der Waals surface area contributed by atoms with Crippen LogP contribution in [0, 0.1) is 5.41 Å². The van der Waals surface area contributed by atoms with E-state index in [-0.39, 0.29) is 11.3 Å². The molecule has 0 bridgehead atoms. The summed E-state index contributed by atoms with van der Waals surface area (Å²) in [6, 6.07) is 6.06. The second kappa shape index (κ2) is 5.21. The molecule has 17 heavy (non-hydrogen) atoms. The van der Waals surface area contributed by atoms with Crippen molar-refractivity contribution >= 4 is 27.5 Å². The van der Waals surface area contributed by atoms with Gasteiger partial charge in [0.15, 0.2) is 0 Å². The highest BCUT2D eigenvalue weighted by atomic mass is 79.9. The van der Waals surface area contributed by atoms with Gasteiger partial charge in [0, 0.05) is 9.89 Å². The number of carbonyl (C=O) groups is 1. The van der Waals surface area contributed by atoms with Gasteiger partial charge in [0.2, 0.25) is 5.91 Å². The van der Waals surface area contributed by atoms with Crippen LogP contribution in [-0.2, 0) is 4.79 Å². The summed E-state index contributed by atoms with van der Waals surface area (Å²) in [5.74, 6) is 0.508. The molecule has 2 nitrogen and oxygen atoms in total. The molecule has 0 fully saturated rings. The zero-order valence-corrected chi connectivity index (χ0v) is 12.7. The molecule has 1 aromatic carbocycles. The molecule has 0 unspecified atom stereocenters. The topological polar surface area (TPSA) is 29.1 Å². The third-order valence-electron chi connectivity index (χ3n) is 2.59. The molecule has 94 valence electrons. The van der Waals surface area contributed by atoms with Crippen molar-refractivity contribution in [1.82, 2.24) is 0 Å². The Morgan fingerprint density at radius 1 is 1.29 bits per heavy atom. The SMILES string of the molecule is CC(C)c1ccc(NC(=O)C(C)(C)C)c(Br)c1. The highest BCUT2D eigenvalue weighted by Crippen LogP contribution is 2.28. The first-order valence-corrected chi connectivity index (χ1v) is 6.62. The number of rotatable bonds is 2. The summed E-state index contributed by atoms with van der Waals surface area (Å²) in [6.45, 7) is 10.0. The molecule has 0 heterocycles. The Morgan fingerprint density at radius 2 is 1.88 bits per heavy atom. The molecule has 0 saturated heterocycles. The van der Waals surface area contributed by atoms with Crippen LogP contribution in [0.5, 0.6) is 0 Å². The number of carbonyl (C=O) groups excluding carboxylic acids is 1. The Morgan fingerprint density at radius 3 is 2.29 bits per heavy atom. The van der Waals surface area contributed by atoms with Crippen molar-refractivity contribution in [3.63, 3.8) is 0 Å². The number of halogens is 1. The van der Waals surface area contributed by atoms with Crippen LogP contribution in [0.15, 0.2) is 22.7 Å². The van der Waals surface area contributed by atoms with Crippen LogP contribution in [0.3, 0.4) is 0 Å². The van der Waals surface area contributed by atoms with E-state index >= 15 is 0 Å². The Hall–Kier alpha value is -0.830. The first-order valence-electron chi connectivity index (χ1n) is 5.82. The first-order chi connectivity index (χ1) is 7.71. The molecule has 0 aromatic heterocycles. The van der Waals surface area contributed by atoms with Crippen molar-refractivity contribution in [2.24, 2.45) is 5.41 Å². The summed E-state index contributed by atoms with van der Waals surface area (Å²) in [6.07, 6.45) is 0. The normalized spacial score (nSPS) is 11.7. The van der Waals surface area contributed by atoms with Crippen LogP contribution in [0.2, 0.25) is 0 Å². The van der Waals surface area contributed by atoms with Crippen LogP contribution in [0.1, 0.15) is 46.1 Å². The fourth-order valence-electron chi connectivity index (χ4n) is 1.30. The minimum absolute atomic E-state index is 0.0236. The fraction of sp³-hybridized carbons (Fsp3) is 0.500. The van der Waals surface area contributed by atoms with Gasteiger partial charge in [-0.25, -0.2) is 0 Å². The molecule has 1 rings (SSSR count). The second-order valence-electron chi connectivity index (χ2n) is 5.60. The second-order valence-corrected chi connectivity index (χ2v) is 6.45. The van der Waals surface area contributed by atoms with E-state index in [0.717, 1.165) is 10.2 Å². The largest absolute Gasteiger partial charge is 0.325 e. The van der Waals surface area contributed by atoms with E-state index in [2.05, 4.69) is 41.2 Å². The Bertz CT molecular complexity index is 419. The minimum Gasteiger partial charge on any atom is -0.325 e. The number of anilines is 1. The Labute approximate surface area is 112 Å². The molecule has 1 N–H and O–H groups in total. The summed E-state index contributed by atoms with van der Waals surface area (Å²) in [5.41, 5.74) is 1.70. The van der Waals surface area contributed by atoms with Crippen molar-refractivity contribution in [3.8, 4) is 0 Å². The summed E-state index contributed by atoms with van der Waals surface area (Å²) in [5, 5.41) is 2.93. The monoisotopic (exact) mass is 297 g/mol. The molecule has 0 aliphatic carbocycles. The minimum atomic E-state index is -0.379. The number of hydrogen-bond acceptors (Lipinski definition) is 1. The maximum Gasteiger partial charge on any atom is 0.229 e. The van der Waals surface area contributed by atoms with Gasteiger partial charge in [-0.05, 0) is 39.5 Å². The van der Waals surface area contributed by atoms with Gasteiger partial charge in [-0.15, -0.1) is 0 Å². The van der Waals surface area contributed by atoms with Gasteiger partial charge in [-0.3, -0.25) is 4.79 Å². The molecular weight excluding hydrogens is 278 g/mol. The molecular formula is C14H20BrNO. The van der Waals surface area contributed by atoms with E-state index in [9.17, 15) is 4.79 Å². The third-order valence-corrected chi connectivity index (χ3v) is 3.25. The Kier molecular flexibility index (Phi) is 4.36. The lowest BCUT2D eigenvalue weighted by atomic mass is 9.95. The average molecular weight is 298 g/mol. The van der Waals surface area contributed by atoms with Gasteiger partial charge in [-0.1, -0.05) is 40.7 Å².